The second kappa shape index (κ2) is 10.9. The topological polar surface area (TPSA) is 85.2 Å². The van der Waals surface area contributed by atoms with Gasteiger partial charge in [-0.2, -0.15) is 5.26 Å². The lowest BCUT2D eigenvalue weighted by atomic mass is 9.88. The Hall–Kier alpha value is -4.11. The molecule has 3 aromatic carbocycles. The van der Waals surface area contributed by atoms with E-state index in [2.05, 4.69) is 16.7 Å². The highest BCUT2D eigenvalue weighted by Crippen LogP contribution is 2.29. The maximum absolute atomic E-state index is 13.3. The zero-order chi connectivity index (χ0) is 24.8. The molecule has 0 bridgehead atoms. The first-order valence-electron chi connectivity index (χ1n) is 12.0. The van der Waals surface area contributed by atoms with E-state index in [1.807, 2.05) is 85.5 Å². The predicted octanol–water partition coefficient (Wildman–Crippen LogP) is 5.77. The minimum Gasteiger partial charge on any atom is -0.339 e. The number of carbonyl (C=O) groups is 2. The molecule has 1 fully saturated rings. The van der Waals surface area contributed by atoms with E-state index in [1.54, 1.807) is 6.07 Å². The number of hydrogen-bond acceptors (Lipinski definition) is 3. The van der Waals surface area contributed by atoms with E-state index in [0.717, 1.165) is 24.0 Å². The summed E-state index contributed by atoms with van der Waals surface area (Å²) in [5.41, 5.74) is 4.97. The number of amides is 3. The molecule has 0 unspecified atom stereocenters. The number of nitrogens with one attached hydrogen (secondary N) is 2. The number of nitriles is 1. The summed E-state index contributed by atoms with van der Waals surface area (Å²) in [6.07, 6.45) is 1.77. The number of nitrogens with zero attached hydrogens (tertiary/aromatic N) is 2. The van der Waals surface area contributed by atoms with Crippen LogP contribution in [-0.2, 0) is 0 Å². The Morgan fingerprint density at radius 2 is 1.69 bits per heavy atom. The molecule has 0 spiro atoms. The van der Waals surface area contributed by atoms with Gasteiger partial charge in [-0.25, -0.2) is 4.79 Å². The molecule has 6 nitrogen and oxygen atoms in total. The Labute approximate surface area is 206 Å². The summed E-state index contributed by atoms with van der Waals surface area (Å²) in [5, 5.41) is 14.8. The summed E-state index contributed by atoms with van der Waals surface area (Å²) in [6, 6.07) is 24.6. The van der Waals surface area contributed by atoms with Gasteiger partial charge in [0.2, 0.25) is 0 Å². The standard InChI is InChI=1S/C29H30N4O2/c1-20-8-13-26(32-29(35)31-21(2)23-6-4-3-5-7-23)18-27(20)28(34)33-16-14-25(15-17-33)24-11-9-22(19-30)10-12-24/h3-13,18,21,25H,14-17H2,1-2H3,(H2,31,32,35)/t21-/m0/s1. The van der Waals surface area contributed by atoms with Gasteiger partial charge in [-0.1, -0.05) is 48.5 Å². The molecule has 0 radical (unpaired) electrons. The quantitative estimate of drug-likeness (QED) is 0.501. The third-order valence-corrected chi connectivity index (χ3v) is 6.67. The van der Waals surface area contributed by atoms with Crippen LogP contribution < -0.4 is 10.6 Å². The van der Waals surface area contributed by atoms with Crippen LogP contribution in [0.25, 0.3) is 0 Å². The average molecular weight is 467 g/mol. The number of urea groups is 1. The maximum atomic E-state index is 13.3. The highest BCUT2D eigenvalue weighted by molar-refractivity contribution is 5.98. The van der Waals surface area contributed by atoms with E-state index in [1.165, 1.54) is 5.56 Å². The van der Waals surface area contributed by atoms with E-state index in [-0.39, 0.29) is 18.0 Å². The van der Waals surface area contributed by atoms with Gasteiger partial charge < -0.3 is 15.5 Å². The maximum Gasteiger partial charge on any atom is 0.319 e. The average Bonchev–Trinajstić information content (AvgIpc) is 2.90. The van der Waals surface area contributed by atoms with Crippen molar-refractivity contribution in [1.82, 2.24) is 10.2 Å². The minimum atomic E-state index is -0.313. The zero-order valence-corrected chi connectivity index (χ0v) is 20.1. The van der Waals surface area contributed by atoms with Gasteiger partial charge in [0.1, 0.15) is 0 Å². The van der Waals surface area contributed by atoms with E-state index < -0.39 is 0 Å². The molecule has 35 heavy (non-hydrogen) atoms. The first-order valence-corrected chi connectivity index (χ1v) is 12.0. The summed E-state index contributed by atoms with van der Waals surface area (Å²) in [6.45, 7) is 5.20. The van der Waals surface area contributed by atoms with Gasteiger partial charge in [-0.3, -0.25) is 4.79 Å². The zero-order valence-electron chi connectivity index (χ0n) is 20.1. The van der Waals surface area contributed by atoms with Crippen LogP contribution in [0.15, 0.2) is 72.8 Å². The number of aryl methyl sites for hydroxylation is 1. The smallest absolute Gasteiger partial charge is 0.319 e. The van der Waals surface area contributed by atoms with E-state index in [9.17, 15) is 9.59 Å². The van der Waals surface area contributed by atoms with Gasteiger partial charge in [0.25, 0.3) is 5.91 Å². The fourth-order valence-corrected chi connectivity index (χ4v) is 4.54. The van der Waals surface area contributed by atoms with Crippen LogP contribution in [0.3, 0.4) is 0 Å². The first-order chi connectivity index (χ1) is 16.9. The van der Waals surface area contributed by atoms with Crippen molar-refractivity contribution in [2.75, 3.05) is 18.4 Å². The Morgan fingerprint density at radius 3 is 2.34 bits per heavy atom. The summed E-state index contributed by atoms with van der Waals surface area (Å²) in [7, 11) is 0. The second-order valence-corrected chi connectivity index (χ2v) is 9.06. The van der Waals surface area contributed by atoms with Crippen LogP contribution in [0.2, 0.25) is 0 Å². The highest BCUT2D eigenvalue weighted by atomic mass is 16.2. The normalized spacial score (nSPS) is 14.6. The predicted molar refractivity (Wildman–Crippen MR) is 137 cm³/mol. The molecule has 6 heteroatoms. The number of hydrogen-bond donors (Lipinski definition) is 2. The molecule has 1 heterocycles. The summed E-state index contributed by atoms with van der Waals surface area (Å²) in [5.74, 6) is 0.374. The number of piperidine rings is 1. The number of rotatable bonds is 5. The number of benzene rings is 3. The van der Waals surface area contributed by atoms with Crippen molar-refractivity contribution in [2.45, 2.75) is 38.6 Å². The monoisotopic (exact) mass is 466 g/mol. The summed E-state index contributed by atoms with van der Waals surface area (Å²) in [4.78, 5) is 27.7. The minimum absolute atomic E-state index is 0.0116. The molecule has 1 atom stereocenters. The Kier molecular flexibility index (Phi) is 7.47. The van der Waals surface area contributed by atoms with Gasteiger partial charge in [-0.15, -0.1) is 0 Å². The van der Waals surface area contributed by atoms with Gasteiger partial charge in [-0.05, 0) is 73.6 Å². The lowest BCUT2D eigenvalue weighted by molar-refractivity contribution is 0.0712. The van der Waals surface area contributed by atoms with Crippen molar-refractivity contribution in [3.63, 3.8) is 0 Å². The molecule has 3 amide bonds. The Bertz CT molecular complexity index is 1220. The third kappa shape index (κ3) is 5.88. The fraction of sp³-hybridized carbons (Fsp3) is 0.276. The number of carbonyl (C=O) groups excluding carboxylic acids is 2. The Morgan fingerprint density at radius 1 is 1.00 bits per heavy atom. The van der Waals surface area contributed by atoms with Crippen molar-refractivity contribution in [2.24, 2.45) is 0 Å². The Balaban J connectivity index is 1.37. The van der Waals surface area contributed by atoms with E-state index in [4.69, 9.17) is 5.26 Å². The molecule has 0 aliphatic carbocycles. The highest BCUT2D eigenvalue weighted by Gasteiger charge is 2.25. The van der Waals surface area contributed by atoms with Crippen LogP contribution in [-0.4, -0.2) is 29.9 Å². The van der Waals surface area contributed by atoms with Gasteiger partial charge in [0.05, 0.1) is 17.7 Å². The molecule has 3 aromatic rings. The molecule has 1 saturated heterocycles. The molecule has 178 valence electrons. The van der Waals surface area contributed by atoms with Crippen LogP contribution >= 0.6 is 0 Å². The molecule has 2 N–H and O–H groups in total. The lowest BCUT2D eigenvalue weighted by Gasteiger charge is -2.32. The van der Waals surface area contributed by atoms with Crippen molar-refractivity contribution in [3.8, 4) is 6.07 Å². The third-order valence-electron chi connectivity index (χ3n) is 6.67. The molecule has 0 aromatic heterocycles. The largest absolute Gasteiger partial charge is 0.339 e. The van der Waals surface area contributed by atoms with Crippen LogP contribution in [0.1, 0.15) is 64.3 Å². The molecular weight excluding hydrogens is 436 g/mol. The lowest BCUT2D eigenvalue weighted by Crippen LogP contribution is -2.38. The fourth-order valence-electron chi connectivity index (χ4n) is 4.54. The van der Waals surface area contributed by atoms with E-state index >= 15 is 0 Å². The second-order valence-electron chi connectivity index (χ2n) is 9.06. The van der Waals surface area contributed by atoms with Crippen LogP contribution in [0.5, 0.6) is 0 Å². The van der Waals surface area contributed by atoms with E-state index in [0.29, 0.717) is 35.8 Å². The molecule has 1 aliphatic heterocycles. The molecule has 0 saturated carbocycles. The summed E-state index contributed by atoms with van der Waals surface area (Å²) >= 11 is 0. The van der Waals surface area contributed by atoms with Crippen LogP contribution in [0, 0.1) is 18.3 Å². The van der Waals surface area contributed by atoms with Crippen molar-refractivity contribution in [1.29, 1.82) is 5.26 Å². The van der Waals surface area contributed by atoms with Crippen molar-refractivity contribution >= 4 is 17.6 Å². The molecule has 4 rings (SSSR count). The van der Waals surface area contributed by atoms with Crippen molar-refractivity contribution < 1.29 is 9.59 Å². The first kappa shape index (κ1) is 24.0. The van der Waals surface area contributed by atoms with Gasteiger partial charge in [0.15, 0.2) is 0 Å². The van der Waals surface area contributed by atoms with Crippen molar-refractivity contribution in [3.05, 3.63) is 101 Å². The van der Waals surface area contributed by atoms with Gasteiger partial charge in [0, 0.05) is 24.3 Å². The summed E-state index contributed by atoms with van der Waals surface area (Å²) < 4.78 is 0. The number of likely N-dealkylation sites (tertiary alicyclic amines) is 1. The number of anilines is 1. The molecular formula is C29H30N4O2. The SMILES string of the molecule is Cc1ccc(NC(=O)N[C@@H](C)c2ccccc2)cc1C(=O)N1CCC(c2ccc(C#N)cc2)CC1. The van der Waals surface area contributed by atoms with Gasteiger partial charge >= 0.3 is 6.03 Å². The molecule has 1 aliphatic rings. The van der Waals surface area contributed by atoms with Crippen LogP contribution in [0.4, 0.5) is 10.5 Å².